The van der Waals surface area contributed by atoms with Gasteiger partial charge >= 0.3 is 0 Å². The Balaban J connectivity index is 3.21. The van der Waals surface area contributed by atoms with Crippen molar-refractivity contribution >= 4 is 27.4 Å². The second-order valence-electron chi connectivity index (χ2n) is 3.33. The molecule has 0 aliphatic carbocycles. The molecule has 5 N–H and O–H groups in total. The Morgan fingerprint density at radius 3 is 2.67 bits per heavy atom. The van der Waals surface area contributed by atoms with Crippen LogP contribution in [0.15, 0.2) is 28.4 Å². The van der Waals surface area contributed by atoms with Crippen LogP contribution in [0.4, 0.5) is 5.69 Å². The quantitative estimate of drug-likeness (QED) is 0.584. The van der Waals surface area contributed by atoms with E-state index in [2.05, 4.69) is 15.9 Å². The van der Waals surface area contributed by atoms with Gasteiger partial charge in [-0.1, -0.05) is 19.4 Å². The largest absolute Gasteiger partial charge is 0.505 e. The third kappa shape index (κ3) is 2.65. The van der Waals surface area contributed by atoms with Crippen LogP contribution in [0.1, 0.15) is 25.3 Å². The molecule has 0 heterocycles. The lowest BCUT2D eigenvalue weighted by Gasteiger charge is -2.10. The minimum Gasteiger partial charge on any atom is -0.505 e. The highest BCUT2D eigenvalue weighted by molar-refractivity contribution is 9.10. The zero-order valence-corrected chi connectivity index (χ0v) is 10.2. The normalized spacial score (nSPS) is 12.4. The van der Waals surface area contributed by atoms with Gasteiger partial charge in [-0.05, 0) is 34.5 Å². The number of benzene rings is 1. The zero-order valence-electron chi connectivity index (χ0n) is 8.63. The van der Waals surface area contributed by atoms with E-state index in [1.807, 2.05) is 19.1 Å². The van der Waals surface area contributed by atoms with E-state index in [0.717, 1.165) is 10.9 Å². The van der Waals surface area contributed by atoms with Gasteiger partial charge in [0, 0.05) is 10.2 Å². The molecule has 82 valence electrons. The maximum Gasteiger partial charge on any atom is 0.144 e. The molecule has 0 aromatic heterocycles. The fourth-order valence-electron chi connectivity index (χ4n) is 1.34. The third-order valence-corrected chi connectivity index (χ3v) is 2.77. The second kappa shape index (κ2) is 5.07. The van der Waals surface area contributed by atoms with Crippen molar-refractivity contribution in [2.24, 2.45) is 5.73 Å². The molecule has 4 heteroatoms. The van der Waals surface area contributed by atoms with Gasteiger partial charge < -0.3 is 16.6 Å². The first-order chi connectivity index (χ1) is 7.07. The van der Waals surface area contributed by atoms with Crippen molar-refractivity contribution in [3.05, 3.63) is 33.9 Å². The van der Waals surface area contributed by atoms with Crippen LogP contribution >= 0.6 is 15.9 Å². The molecule has 0 saturated heterocycles. The van der Waals surface area contributed by atoms with E-state index in [1.165, 1.54) is 0 Å². The lowest BCUT2D eigenvalue weighted by Crippen LogP contribution is -2.04. The van der Waals surface area contributed by atoms with E-state index in [1.54, 1.807) is 6.07 Å². The van der Waals surface area contributed by atoms with Gasteiger partial charge in [0.15, 0.2) is 0 Å². The molecule has 1 aromatic rings. The first-order valence-electron chi connectivity index (χ1n) is 4.79. The average molecular weight is 271 g/mol. The minimum absolute atomic E-state index is 0.0711. The van der Waals surface area contributed by atoms with Crippen molar-refractivity contribution in [3.63, 3.8) is 0 Å². The molecule has 0 fully saturated rings. The van der Waals surface area contributed by atoms with Crippen molar-refractivity contribution in [1.82, 2.24) is 0 Å². The number of aliphatic hydroxyl groups excluding tert-OH is 1. The Kier molecular flexibility index (Phi) is 4.03. The molecule has 15 heavy (non-hydrogen) atoms. The Morgan fingerprint density at radius 1 is 1.47 bits per heavy atom. The van der Waals surface area contributed by atoms with Crippen molar-refractivity contribution in [2.45, 2.75) is 19.8 Å². The summed E-state index contributed by atoms with van der Waals surface area (Å²) >= 11 is 3.34. The van der Waals surface area contributed by atoms with Crippen molar-refractivity contribution in [2.75, 3.05) is 5.73 Å². The maximum atomic E-state index is 9.93. The summed E-state index contributed by atoms with van der Waals surface area (Å²) in [5.41, 5.74) is 13.1. The summed E-state index contributed by atoms with van der Waals surface area (Å²) in [6.07, 6.45) is 1.55. The van der Waals surface area contributed by atoms with Crippen LogP contribution in [0.25, 0.3) is 5.76 Å². The van der Waals surface area contributed by atoms with Gasteiger partial charge in [0.2, 0.25) is 0 Å². The number of anilines is 1. The van der Waals surface area contributed by atoms with Crippen LogP contribution in [-0.4, -0.2) is 5.11 Å². The van der Waals surface area contributed by atoms with Crippen LogP contribution in [0, 0.1) is 0 Å². The fraction of sp³-hybridized carbons (Fsp3) is 0.273. The van der Waals surface area contributed by atoms with Crippen molar-refractivity contribution in [1.29, 1.82) is 0 Å². The summed E-state index contributed by atoms with van der Waals surface area (Å²) in [6.45, 7) is 2.00. The van der Waals surface area contributed by atoms with Crippen molar-refractivity contribution < 1.29 is 5.11 Å². The molecule has 0 spiro atoms. The number of aliphatic hydroxyl groups is 1. The monoisotopic (exact) mass is 270 g/mol. The Morgan fingerprint density at radius 2 is 2.13 bits per heavy atom. The number of halogens is 1. The number of nitrogens with two attached hydrogens (primary N) is 2. The molecule has 1 aromatic carbocycles. The molecular weight excluding hydrogens is 256 g/mol. The molecule has 0 atom stereocenters. The fourth-order valence-corrected chi connectivity index (χ4v) is 1.91. The van der Waals surface area contributed by atoms with Gasteiger partial charge in [-0.2, -0.15) is 0 Å². The molecule has 0 saturated carbocycles. The Hall–Kier alpha value is -1.16. The van der Waals surface area contributed by atoms with Gasteiger partial charge in [0.25, 0.3) is 0 Å². The first-order valence-corrected chi connectivity index (χ1v) is 5.59. The molecule has 0 bridgehead atoms. The highest BCUT2D eigenvalue weighted by Gasteiger charge is 2.11. The van der Waals surface area contributed by atoms with E-state index in [9.17, 15) is 5.11 Å². The second-order valence-corrected chi connectivity index (χ2v) is 4.18. The number of allylic oxidation sites excluding steroid dienone is 1. The predicted octanol–water partition coefficient (Wildman–Crippen LogP) is 3.02. The Bertz CT molecular complexity index is 368. The molecule has 0 unspecified atom stereocenters. The molecule has 3 nitrogen and oxygen atoms in total. The van der Waals surface area contributed by atoms with Crippen LogP contribution in [0.2, 0.25) is 0 Å². The van der Waals surface area contributed by atoms with Gasteiger partial charge in [-0.3, -0.25) is 0 Å². The molecular formula is C11H15BrN2O. The topological polar surface area (TPSA) is 72.3 Å². The van der Waals surface area contributed by atoms with E-state index in [0.29, 0.717) is 23.4 Å². The maximum absolute atomic E-state index is 9.93. The van der Waals surface area contributed by atoms with E-state index < -0.39 is 0 Å². The van der Waals surface area contributed by atoms with Gasteiger partial charge in [0.1, 0.15) is 5.76 Å². The number of hydrogen-bond acceptors (Lipinski definition) is 3. The summed E-state index contributed by atoms with van der Waals surface area (Å²) in [4.78, 5) is 0. The molecule has 0 amide bonds. The van der Waals surface area contributed by atoms with E-state index in [-0.39, 0.29) is 5.76 Å². The van der Waals surface area contributed by atoms with Gasteiger partial charge in [0.05, 0.1) is 11.3 Å². The van der Waals surface area contributed by atoms with Crippen LogP contribution in [0.3, 0.4) is 0 Å². The summed E-state index contributed by atoms with van der Waals surface area (Å²) in [5.74, 6) is 0.0711. The number of nitrogen functional groups attached to an aromatic ring is 1. The third-order valence-electron chi connectivity index (χ3n) is 2.11. The minimum atomic E-state index is 0.0711. The average Bonchev–Trinajstić information content (AvgIpc) is 2.17. The van der Waals surface area contributed by atoms with Crippen LogP contribution < -0.4 is 11.5 Å². The summed E-state index contributed by atoms with van der Waals surface area (Å²) in [7, 11) is 0. The van der Waals surface area contributed by atoms with Crippen LogP contribution in [0.5, 0.6) is 0 Å². The predicted molar refractivity (Wildman–Crippen MR) is 67.2 cm³/mol. The summed E-state index contributed by atoms with van der Waals surface area (Å²) in [6, 6.07) is 5.36. The first kappa shape index (κ1) is 11.9. The SMILES string of the molecule is CCC/C(N)=C(/O)c1c(N)cccc1Br. The highest BCUT2D eigenvalue weighted by atomic mass is 79.9. The summed E-state index contributed by atoms with van der Waals surface area (Å²) < 4.78 is 0.749. The standard InChI is InChI=1S/C11H15BrN2O/c1-2-4-9(14)11(15)10-7(12)5-3-6-8(10)13/h3,5-6,15H,2,4,13-14H2,1H3/b11-9-. The lowest BCUT2D eigenvalue weighted by atomic mass is 10.1. The smallest absolute Gasteiger partial charge is 0.144 e. The van der Waals surface area contributed by atoms with E-state index in [4.69, 9.17) is 11.5 Å². The molecule has 1 rings (SSSR count). The highest BCUT2D eigenvalue weighted by Crippen LogP contribution is 2.29. The Labute approximate surface area is 97.9 Å². The van der Waals surface area contributed by atoms with E-state index >= 15 is 0 Å². The lowest BCUT2D eigenvalue weighted by molar-refractivity contribution is 0.502. The van der Waals surface area contributed by atoms with Crippen molar-refractivity contribution in [3.8, 4) is 0 Å². The van der Waals surface area contributed by atoms with Gasteiger partial charge in [-0.25, -0.2) is 0 Å². The van der Waals surface area contributed by atoms with Gasteiger partial charge in [-0.15, -0.1) is 0 Å². The molecule has 0 aliphatic heterocycles. The number of rotatable bonds is 3. The van der Waals surface area contributed by atoms with Crippen LogP contribution in [-0.2, 0) is 0 Å². The summed E-state index contributed by atoms with van der Waals surface area (Å²) in [5, 5.41) is 9.93. The molecule has 0 aliphatic rings. The number of hydrogen-bond donors (Lipinski definition) is 3. The zero-order chi connectivity index (χ0) is 11.4. The molecule has 0 radical (unpaired) electrons.